The average Bonchev–Trinajstić information content (AvgIpc) is 2.85. The van der Waals surface area contributed by atoms with Crippen LogP contribution in [0.5, 0.6) is 0 Å². The standard InChI is InChI=1S/C13H13N3O2S/c1-8-11(7-19-16-8)13(18)15-10-5-3-9(4-6-10)12(17)14-2/h3-7H,1-2H3,(H,14,17)(H,15,18). The summed E-state index contributed by atoms with van der Waals surface area (Å²) in [6.45, 7) is 1.79. The molecule has 0 fully saturated rings. The summed E-state index contributed by atoms with van der Waals surface area (Å²) >= 11 is 1.25. The lowest BCUT2D eigenvalue weighted by Crippen LogP contribution is -2.18. The Morgan fingerprint density at radius 2 is 1.84 bits per heavy atom. The Hall–Kier alpha value is -2.21. The Bertz CT molecular complexity index is 605. The van der Waals surface area contributed by atoms with Crippen LogP contribution in [0.15, 0.2) is 29.6 Å². The fourth-order valence-corrected chi connectivity index (χ4v) is 2.25. The zero-order chi connectivity index (χ0) is 13.8. The van der Waals surface area contributed by atoms with Gasteiger partial charge in [-0.3, -0.25) is 9.59 Å². The lowest BCUT2D eigenvalue weighted by molar-refractivity contribution is 0.0962. The number of aryl methyl sites for hydroxylation is 1. The van der Waals surface area contributed by atoms with E-state index in [1.807, 2.05) is 0 Å². The van der Waals surface area contributed by atoms with E-state index < -0.39 is 0 Å². The van der Waals surface area contributed by atoms with Crippen molar-refractivity contribution in [1.82, 2.24) is 9.69 Å². The minimum Gasteiger partial charge on any atom is -0.355 e. The van der Waals surface area contributed by atoms with Crippen molar-refractivity contribution in [1.29, 1.82) is 0 Å². The molecule has 2 N–H and O–H groups in total. The van der Waals surface area contributed by atoms with E-state index in [2.05, 4.69) is 15.0 Å². The van der Waals surface area contributed by atoms with Crippen molar-refractivity contribution in [3.05, 3.63) is 46.5 Å². The van der Waals surface area contributed by atoms with Gasteiger partial charge in [0.05, 0.1) is 11.3 Å². The van der Waals surface area contributed by atoms with E-state index in [-0.39, 0.29) is 11.8 Å². The van der Waals surface area contributed by atoms with E-state index in [4.69, 9.17) is 0 Å². The van der Waals surface area contributed by atoms with Gasteiger partial charge in [-0.1, -0.05) is 0 Å². The number of aromatic nitrogens is 1. The van der Waals surface area contributed by atoms with Gasteiger partial charge in [0.25, 0.3) is 11.8 Å². The van der Waals surface area contributed by atoms with Crippen LogP contribution in [0.25, 0.3) is 0 Å². The summed E-state index contributed by atoms with van der Waals surface area (Å²) in [6, 6.07) is 6.70. The van der Waals surface area contributed by atoms with Gasteiger partial charge in [-0.2, -0.15) is 4.37 Å². The van der Waals surface area contributed by atoms with Crippen molar-refractivity contribution < 1.29 is 9.59 Å². The highest BCUT2D eigenvalue weighted by Crippen LogP contribution is 2.14. The van der Waals surface area contributed by atoms with E-state index >= 15 is 0 Å². The summed E-state index contributed by atoms with van der Waals surface area (Å²) in [5, 5.41) is 7.02. The molecule has 0 atom stereocenters. The second kappa shape index (κ2) is 5.62. The molecule has 2 amide bonds. The first-order chi connectivity index (χ1) is 9.11. The number of carbonyl (C=O) groups excluding carboxylic acids is 2. The van der Waals surface area contributed by atoms with E-state index in [9.17, 15) is 9.59 Å². The lowest BCUT2D eigenvalue weighted by atomic mass is 10.2. The molecule has 0 unspecified atom stereocenters. The Labute approximate surface area is 114 Å². The van der Waals surface area contributed by atoms with Gasteiger partial charge in [-0.25, -0.2) is 0 Å². The minimum atomic E-state index is -0.195. The molecule has 19 heavy (non-hydrogen) atoms. The van der Waals surface area contributed by atoms with Crippen molar-refractivity contribution in [2.24, 2.45) is 0 Å². The first-order valence-electron chi connectivity index (χ1n) is 5.66. The maximum atomic E-state index is 11.9. The predicted octanol–water partition coefficient (Wildman–Crippen LogP) is 2.06. The summed E-state index contributed by atoms with van der Waals surface area (Å²) in [4.78, 5) is 23.3. The topological polar surface area (TPSA) is 71.1 Å². The Balaban J connectivity index is 2.10. The number of anilines is 1. The third kappa shape index (κ3) is 2.97. The Morgan fingerprint density at radius 3 is 2.37 bits per heavy atom. The fourth-order valence-electron chi connectivity index (χ4n) is 1.56. The summed E-state index contributed by atoms with van der Waals surface area (Å²) in [7, 11) is 1.57. The highest BCUT2D eigenvalue weighted by atomic mass is 32.1. The molecule has 0 spiro atoms. The predicted molar refractivity (Wildman–Crippen MR) is 74.6 cm³/mol. The van der Waals surface area contributed by atoms with E-state index in [1.165, 1.54) is 11.5 Å². The molecule has 1 aromatic carbocycles. The number of nitrogens with zero attached hydrogens (tertiary/aromatic N) is 1. The zero-order valence-corrected chi connectivity index (χ0v) is 11.4. The molecular formula is C13H13N3O2S. The molecule has 0 aliphatic rings. The summed E-state index contributed by atoms with van der Waals surface area (Å²) < 4.78 is 4.06. The van der Waals surface area contributed by atoms with Crippen LogP contribution in [-0.4, -0.2) is 23.2 Å². The van der Waals surface area contributed by atoms with Crippen molar-refractivity contribution in [3.63, 3.8) is 0 Å². The molecule has 2 aromatic rings. The second-order valence-electron chi connectivity index (χ2n) is 3.92. The molecule has 0 saturated heterocycles. The number of hydrogen-bond donors (Lipinski definition) is 2. The molecule has 1 heterocycles. The van der Waals surface area contributed by atoms with E-state index in [1.54, 1.807) is 43.6 Å². The van der Waals surface area contributed by atoms with Crippen molar-refractivity contribution in [2.45, 2.75) is 6.92 Å². The highest BCUT2D eigenvalue weighted by molar-refractivity contribution is 7.04. The molecule has 0 aliphatic heterocycles. The molecule has 0 bridgehead atoms. The highest BCUT2D eigenvalue weighted by Gasteiger charge is 2.11. The normalized spacial score (nSPS) is 10.0. The van der Waals surface area contributed by atoms with Crippen LogP contribution in [0.2, 0.25) is 0 Å². The number of amides is 2. The van der Waals surface area contributed by atoms with Crippen molar-refractivity contribution in [2.75, 3.05) is 12.4 Å². The summed E-state index contributed by atoms with van der Waals surface area (Å²) in [6.07, 6.45) is 0. The summed E-state index contributed by atoms with van der Waals surface area (Å²) in [5.41, 5.74) is 2.47. The monoisotopic (exact) mass is 275 g/mol. The SMILES string of the molecule is CNC(=O)c1ccc(NC(=O)c2csnc2C)cc1. The van der Waals surface area contributed by atoms with Crippen LogP contribution in [0.3, 0.4) is 0 Å². The molecule has 0 radical (unpaired) electrons. The third-order valence-corrected chi connectivity index (χ3v) is 3.35. The molecule has 2 rings (SSSR count). The van der Waals surface area contributed by atoms with Crippen LogP contribution in [-0.2, 0) is 0 Å². The second-order valence-corrected chi connectivity index (χ2v) is 4.55. The molecule has 6 heteroatoms. The third-order valence-electron chi connectivity index (χ3n) is 2.63. The van der Waals surface area contributed by atoms with Crippen LogP contribution in [0, 0.1) is 6.92 Å². The van der Waals surface area contributed by atoms with Gasteiger partial charge in [0, 0.05) is 23.7 Å². The quantitative estimate of drug-likeness (QED) is 0.900. The van der Waals surface area contributed by atoms with Gasteiger partial charge < -0.3 is 10.6 Å². The van der Waals surface area contributed by atoms with Gasteiger partial charge in [-0.05, 0) is 42.7 Å². The molecule has 1 aromatic heterocycles. The Morgan fingerprint density at radius 1 is 1.16 bits per heavy atom. The van der Waals surface area contributed by atoms with Gasteiger partial charge in [0.15, 0.2) is 0 Å². The maximum absolute atomic E-state index is 11.9. The first kappa shape index (κ1) is 13.2. The summed E-state index contributed by atoms with van der Waals surface area (Å²) in [5.74, 6) is -0.352. The molecular weight excluding hydrogens is 262 g/mol. The molecule has 0 saturated carbocycles. The maximum Gasteiger partial charge on any atom is 0.258 e. The van der Waals surface area contributed by atoms with E-state index in [0.717, 1.165) is 0 Å². The van der Waals surface area contributed by atoms with Gasteiger partial charge in [0.2, 0.25) is 0 Å². The number of benzene rings is 1. The molecule has 98 valence electrons. The Kier molecular flexibility index (Phi) is 3.91. The van der Waals surface area contributed by atoms with Crippen LogP contribution in [0.4, 0.5) is 5.69 Å². The van der Waals surface area contributed by atoms with Crippen LogP contribution < -0.4 is 10.6 Å². The number of hydrogen-bond acceptors (Lipinski definition) is 4. The van der Waals surface area contributed by atoms with Crippen LogP contribution >= 0.6 is 11.5 Å². The van der Waals surface area contributed by atoms with E-state index in [0.29, 0.717) is 22.5 Å². The lowest BCUT2D eigenvalue weighted by Gasteiger charge is -2.05. The van der Waals surface area contributed by atoms with Gasteiger partial charge in [-0.15, -0.1) is 0 Å². The first-order valence-corrected chi connectivity index (χ1v) is 6.50. The van der Waals surface area contributed by atoms with Crippen molar-refractivity contribution in [3.8, 4) is 0 Å². The fraction of sp³-hybridized carbons (Fsp3) is 0.154. The van der Waals surface area contributed by atoms with Crippen molar-refractivity contribution >= 4 is 29.0 Å². The molecule has 0 aliphatic carbocycles. The smallest absolute Gasteiger partial charge is 0.258 e. The van der Waals surface area contributed by atoms with Crippen LogP contribution in [0.1, 0.15) is 26.4 Å². The van der Waals surface area contributed by atoms with Gasteiger partial charge in [0.1, 0.15) is 0 Å². The van der Waals surface area contributed by atoms with Gasteiger partial charge >= 0.3 is 0 Å². The minimum absolute atomic E-state index is 0.157. The number of carbonyl (C=O) groups is 2. The zero-order valence-electron chi connectivity index (χ0n) is 10.6. The number of nitrogens with one attached hydrogen (secondary N) is 2. The molecule has 5 nitrogen and oxygen atoms in total. The number of rotatable bonds is 3. The largest absolute Gasteiger partial charge is 0.355 e. The average molecular weight is 275 g/mol.